The maximum Gasteiger partial charge on any atom is 0.263 e. The van der Waals surface area contributed by atoms with E-state index in [1.165, 1.54) is 22.5 Å². The number of hydrogen-bond acceptors (Lipinski definition) is 4. The first kappa shape index (κ1) is 17.3. The predicted molar refractivity (Wildman–Crippen MR) is 102 cm³/mol. The molecule has 0 spiro atoms. The number of nitrogens with one attached hydrogen (secondary N) is 1. The second-order valence-corrected chi connectivity index (χ2v) is 7.23. The van der Waals surface area contributed by atoms with Gasteiger partial charge >= 0.3 is 0 Å². The Balaban J connectivity index is 1.80. The van der Waals surface area contributed by atoms with E-state index in [0.717, 1.165) is 21.8 Å². The molecule has 0 bridgehead atoms. The molecule has 3 rings (SSSR count). The molecule has 3 aromatic rings. The number of hydrogen-bond donors (Lipinski definition) is 1. The zero-order valence-corrected chi connectivity index (χ0v) is 15.6. The van der Waals surface area contributed by atoms with Crippen LogP contribution in [0.25, 0.3) is 10.6 Å². The maximum absolute atomic E-state index is 12.7. The monoisotopic (exact) mass is 351 g/mol. The molecule has 0 aliphatic rings. The number of nitrogens with zero attached hydrogens (tertiary/aromatic N) is 2. The van der Waals surface area contributed by atoms with Gasteiger partial charge in [-0.25, -0.2) is 4.98 Å². The summed E-state index contributed by atoms with van der Waals surface area (Å²) in [4.78, 5) is 22.0. The summed E-state index contributed by atoms with van der Waals surface area (Å²) in [5, 5.41) is 3.91. The minimum Gasteiger partial charge on any atom is -0.345 e. The Bertz CT molecular complexity index is 903. The van der Waals surface area contributed by atoms with E-state index >= 15 is 0 Å². The number of carbonyl (C=O) groups excluding carboxylic acids is 1. The molecule has 1 atom stereocenters. The maximum atomic E-state index is 12.7. The molecule has 1 N–H and O–H groups in total. The van der Waals surface area contributed by atoms with Crippen LogP contribution in [0.4, 0.5) is 0 Å². The molecule has 0 radical (unpaired) electrons. The molecule has 128 valence electrons. The van der Waals surface area contributed by atoms with Crippen LogP contribution in [0.3, 0.4) is 0 Å². The first-order chi connectivity index (χ1) is 12.0. The average molecular weight is 351 g/mol. The summed E-state index contributed by atoms with van der Waals surface area (Å²) >= 11 is 1.40. The van der Waals surface area contributed by atoms with Crippen molar-refractivity contribution in [2.24, 2.45) is 0 Å². The predicted octanol–water partition coefficient (Wildman–Crippen LogP) is 4.62. The highest BCUT2D eigenvalue weighted by atomic mass is 32.1. The van der Waals surface area contributed by atoms with Crippen LogP contribution in [-0.2, 0) is 0 Å². The summed E-state index contributed by atoms with van der Waals surface area (Å²) in [5.74, 6) is -0.0855. The van der Waals surface area contributed by atoms with Gasteiger partial charge in [0.05, 0.1) is 11.7 Å². The lowest BCUT2D eigenvalue weighted by atomic mass is 10.0. The van der Waals surface area contributed by atoms with Gasteiger partial charge in [0.1, 0.15) is 9.88 Å². The summed E-state index contributed by atoms with van der Waals surface area (Å²) in [6, 6.07) is 10.0. The Morgan fingerprint density at radius 3 is 2.68 bits per heavy atom. The molecule has 0 fully saturated rings. The molecule has 2 aromatic heterocycles. The fourth-order valence-electron chi connectivity index (χ4n) is 2.87. The number of thiazole rings is 1. The van der Waals surface area contributed by atoms with E-state index in [1.807, 2.05) is 26.0 Å². The van der Waals surface area contributed by atoms with E-state index in [2.05, 4.69) is 47.3 Å². The quantitative estimate of drug-likeness (QED) is 0.746. The molecule has 0 saturated heterocycles. The minimum absolute atomic E-state index is 0.0589. The Kier molecular flexibility index (Phi) is 4.95. The number of aromatic nitrogens is 2. The molecular weight excluding hydrogens is 330 g/mol. The van der Waals surface area contributed by atoms with Crippen molar-refractivity contribution in [3.8, 4) is 10.6 Å². The van der Waals surface area contributed by atoms with Crippen LogP contribution in [0.2, 0.25) is 0 Å². The highest BCUT2D eigenvalue weighted by Crippen LogP contribution is 2.28. The molecule has 2 heterocycles. The molecule has 4 nitrogen and oxygen atoms in total. The molecule has 0 aliphatic carbocycles. The van der Waals surface area contributed by atoms with Crippen molar-refractivity contribution in [1.29, 1.82) is 0 Å². The van der Waals surface area contributed by atoms with Gasteiger partial charge in [0.15, 0.2) is 0 Å². The number of rotatable bonds is 4. The fourth-order valence-corrected chi connectivity index (χ4v) is 3.83. The zero-order chi connectivity index (χ0) is 18.0. The van der Waals surface area contributed by atoms with E-state index in [1.54, 1.807) is 12.4 Å². The lowest BCUT2D eigenvalue weighted by Gasteiger charge is -2.16. The van der Waals surface area contributed by atoms with Gasteiger partial charge in [-0.1, -0.05) is 23.8 Å². The van der Waals surface area contributed by atoms with Crippen LogP contribution < -0.4 is 5.32 Å². The molecule has 0 aliphatic heterocycles. The normalized spacial score (nSPS) is 12.0. The first-order valence-electron chi connectivity index (χ1n) is 8.21. The van der Waals surface area contributed by atoms with E-state index in [-0.39, 0.29) is 11.9 Å². The molecule has 0 saturated carbocycles. The van der Waals surface area contributed by atoms with Gasteiger partial charge in [-0.05, 0) is 51.0 Å². The van der Waals surface area contributed by atoms with E-state index < -0.39 is 0 Å². The summed E-state index contributed by atoms with van der Waals surface area (Å²) in [6.07, 6.45) is 3.49. The number of carbonyl (C=O) groups is 1. The second-order valence-electron chi connectivity index (χ2n) is 6.23. The lowest BCUT2D eigenvalue weighted by Crippen LogP contribution is -2.27. The van der Waals surface area contributed by atoms with Crippen molar-refractivity contribution < 1.29 is 4.79 Å². The molecule has 5 heteroatoms. The average Bonchev–Trinajstić information content (AvgIpc) is 2.97. The largest absolute Gasteiger partial charge is 0.345 e. The molecule has 1 amide bonds. The second kappa shape index (κ2) is 7.15. The fraction of sp³-hybridized carbons (Fsp3) is 0.250. The van der Waals surface area contributed by atoms with E-state index in [9.17, 15) is 4.79 Å². The summed E-state index contributed by atoms with van der Waals surface area (Å²) in [6.45, 7) is 8.02. The van der Waals surface area contributed by atoms with Gasteiger partial charge in [0.2, 0.25) is 0 Å². The Hall–Kier alpha value is -2.53. The summed E-state index contributed by atoms with van der Waals surface area (Å²) in [5.41, 5.74) is 5.21. The van der Waals surface area contributed by atoms with Crippen molar-refractivity contribution in [2.45, 2.75) is 33.7 Å². The van der Waals surface area contributed by atoms with Gasteiger partial charge in [-0.3, -0.25) is 9.78 Å². The van der Waals surface area contributed by atoms with E-state index in [0.29, 0.717) is 4.88 Å². The third kappa shape index (κ3) is 3.77. The van der Waals surface area contributed by atoms with Crippen molar-refractivity contribution in [3.05, 3.63) is 70.0 Å². The molecule has 1 unspecified atom stereocenters. The van der Waals surface area contributed by atoms with Gasteiger partial charge in [0, 0.05) is 18.0 Å². The van der Waals surface area contributed by atoms with Crippen LogP contribution in [-0.4, -0.2) is 15.9 Å². The van der Waals surface area contributed by atoms with Crippen LogP contribution in [0, 0.1) is 20.8 Å². The Morgan fingerprint density at radius 2 is 2.00 bits per heavy atom. The van der Waals surface area contributed by atoms with Crippen molar-refractivity contribution >= 4 is 17.2 Å². The summed E-state index contributed by atoms with van der Waals surface area (Å²) < 4.78 is 0. The number of pyridine rings is 1. The first-order valence-corrected chi connectivity index (χ1v) is 9.03. The standard InChI is InChI=1S/C20H21N3OS/c1-12-7-8-17(13(2)10-12)14(3)22-19(24)18-15(4)23-20(25-18)16-6-5-9-21-11-16/h5-11,14H,1-4H3,(H,22,24). The minimum atomic E-state index is -0.0855. The van der Waals surface area contributed by atoms with Crippen LogP contribution >= 0.6 is 11.3 Å². The number of benzene rings is 1. The molecular formula is C20H21N3OS. The SMILES string of the molecule is Cc1ccc(C(C)NC(=O)c2sc(-c3cccnc3)nc2C)c(C)c1. The van der Waals surface area contributed by atoms with Gasteiger partial charge in [-0.15, -0.1) is 11.3 Å². The highest BCUT2D eigenvalue weighted by Gasteiger charge is 2.19. The summed E-state index contributed by atoms with van der Waals surface area (Å²) in [7, 11) is 0. The van der Waals surface area contributed by atoms with Crippen LogP contribution in [0.1, 0.15) is 45.0 Å². The third-order valence-electron chi connectivity index (χ3n) is 4.15. The zero-order valence-electron chi connectivity index (χ0n) is 14.8. The van der Waals surface area contributed by atoms with Crippen molar-refractivity contribution in [2.75, 3.05) is 0 Å². The van der Waals surface area contributed by atoms with Crippen LogP contribution in [0.15, 0.2) is 42.7 Å². The number of aryl methyl sites for hydroxylation is 3. The highest BCUT2D eigenvalue weighted by molar-refractivity contribution is 7.17. The third-order valence-corrected chi connectivity index (χ3v) is 5.36. The number of amides is 1. The molecule has 25 heavy (non-hydrogen) atoms. The van der Waals surface area contributed by atoms with Gasteiger partial charge in [0.25, 0.3) is 5.91 Å². The smallest absolute Gasteiger partial charge is 0.263 e. The topological polar surface area (TPSA) is 54.9 Å². The van der Waals surface area contributed by atoms with Crippen molar-refractivity contribution in [3.63, 3.8) is 0 Å². The van der Waals surface area contributed by atoms with E-state index in [4.69, 9.17) is 0 Å². The lowest BCUT2D eigenvalue weighted by molar-refractivity contribution is 0.0943. The van der Waals surface area contributed by atoms with Gasteiger partial charge in [-0.2, -0.15) is 0 Å². The Morgan fingerprint density at radius 1 is 1.20 bits per heavy atom. The van der Waals surface area contributed by atoms with Crippen molar-refractivity contribution in [1.82, 2.24) is 15.3 Å². The Labute approximate surface area is 152 Å². The molecule has 1 aromatic carbocycles. The van der Waals surface area contributed by atoms with Gasteiger partial charge < -0.3 is 5.32 Å². The van der Waals surface area contributed by atoms with Crippen LogP contribution in [0.5, 0.6) is 0 Å².